The minimum Gasteiger partial charge on any atom is -0.345 e. The SMILES string of the molecule is Cc1cc(C)nc(Nc2ccccc2C(=O)N[C@@H](C)c2ccc(Cl)cc2)n1. The normalized spacial score (nSPS) is 11.7. The summed E-state index contributed by atoms with van der Waals surface area (Å²) in [6.07, 6.45) is 0. The van der Waals surface area contributed by atoms with Crippen LogP contribution in [0.25, 0.3) is 0 Å². The first-order chi connectivity index (χ1) is 12.9. The van der Waals surface area contributed by atoms with Crippen molar-refractivity contribution in [3.8, 4) is 0 Å². The Morgan fingerprint density at radius 1 is 1.00 bits per heavy atom. The maximum absolute atomic E-state index is 12.8. The van der Waals surface area contributed by atoms with E-state index in [9.17, 15) is 4.79 Å². The number of hydrogen-bond acceptors (Lipinski definition) is 4. The molecule has 5 nitrogen and oxygen atoms in total. The van der Waals surface area contributed by atoms with Crippen molar-refractivity contribution in [3.05, 3.63) is 82.1 Å². The monoisotopic (exact) mass is 380 g/mol. The van der Waals surface area contributed by atoms with Crippen LogP contribution in [0, 0.1) is 13.8 Å². The van der Waals surface area contributed by atoms with E-state index in [-0.39, 0.29) is 11.9 Å². The van der Waals surface area contributed by atoms with Crippen LogP contribution in [0.15, 0.2) is 54.6 Å². The van der Waals surface area contributed by atoms with Crippen LogP contribution in [0.3, 0.4) is 0 Å². The molecule has 3 rings (SSSR count). The third-order valence-corrected chi connectivity index (χ3v) is 4.37. The molecular weight excluding hydrogens is 360 g/mol. The van der Waals surface area contributed by atoms with E-state index in [2.05, 4.69) is 20.6 Å². The molecule has 6 heteroatoms. The van der Waals surface area contributed by atoms with Gasteiger partial charge in [0, 0.05) is 16.4 Å². The molecule has 0 aliphatic heterocycles. The summed E-state index contributed by atoms with van der Waals surface area (Å²) in [4.78, 5) is 21.6. The molecule has 0 saturated carbocycles. The van der Waals surface area contributed by atoms with E-state index in [1.165, 1.54) is 0 Å². The summed E-state index contributed by atoms with van der Waals surface area (Å²) in [5.74, 6) is 0.295. The maximum Gasteiger partial charge on any atom is 0.253 e. The van der Waals surface area contributed by atoms with Crippen LogP contribution in [0.1, 0.15) is 40.3 Å². The largest absolute Gasteiger partial charge is 0.345 e. The molecule has 0 fully saturated rings. The molecule has 0 saturated heterocycles. The van der Waals surface area contributed by atoms with Gasteiger partial charge in [0.15, 0.2) is 0 Å². The summed E-state index contributed by atoms with van der Waals surface area (Å²) in [6.45, 7) is 5.75. The van der Waals surface area contributed by atoms with Crippen molar-refractivity contribution in [2.75, 3.05) is 5.32 Å². The van der Waals surface area contributed by atoms with Gasteiger partial charge in [0.05, 0.1) is 17.3 Å². The van der Waals surface area contributed by atoms with Gasteiger partial charge in [-0.1, -0.05) is 35.9 Å². The Kier molecular flexibility index (Phi) is 5.72. The molecule has 1 aromatic heterocycles. The number of hydrogen-bond donors (Lipinski definition) is 2. The Hall–Kier alpha value is -2.92. The molecule has 0 spiro atoms. The molecule has 2 aromatic carbocycles. The van der Waals surface area contributed by atoms with Gasteiger partial charge >= 0.3 is 0 Å². The lowest BCUT2D eigenvalue weighted by atomic mass is 10.1. The molecule has 3 aromatic rings. The molecule has 0 radical (unpaired) electrons. The maximum atomic E-state index is 12.8. The number of halogens is 1. The summed E-state index contributed by atoms with van der Waals surface area (Å²) < 4.78 is 0. The first-order valence-corrected chi connectivity index (χ1v) is 9.05. The second-order valence-electron chi connectivity index (χ2n) is 6.39. The first kappa shape index (κ1) is 18.9. The van der Waals surface area contributed by atoms with Crippen molar-refractivity contribution in [1.29, 1.82) is 0 Å². The number of aromatic nitrogens is 2. The van der Waals surface area contributed by atoms with Gasteiger partial charge < -0.3 is 10.6 Å². The Labute approximate surface area is 163 Å². The second-order valence-corrected chi connectivity index (χ2v) is 6.83. The van der Waals surface area contributed by atoms with E-state index >= 15 is 0 Å². The van der Waals surface area contributed by atoms with Crippen LogP contribution in [0.5, 0.6) is 0 Å². The van der Waals surface area contributed by atoms with Gasteiger partial charge in [-0.25, -0.2) is 9.97 Å². The summed E-state index contributed by atoms with van der Waals surface area (Å²) in [5.41, 5.74) is 3.90. The fraction of sp³-hybridized carbons (Fsp3) is 0.190. The van der Waals surface area contributed by atoms with Crippen molar-refractivity contribution < 1.29 is 4.79 Å². The predicted molar refractivity (Wildman–Crippen MR) is 109 cm³/mol. The summed E-state index contributed by atoms with van der Waals surface area (Å²) in [5, 5.41) is 6.84. The van der Waals surface area contributed by atoms with E-state index in [0.717, 1.165) is 17.0 Å². The van der Waals surface area contributed by atoms with E-state index < -0.39 is 0 Å². The summed E-state index contributed by atoms with van der Waals surface area (Å²) in [7, 11) is 0. The van der Waals surface area contributed by atoms with Crippen molar-refractivity contribution in [3.63, 3.8) is 0 Å². The highest BCUT2D eigenvalue weighted by molar-refractivity contribution is 6.30. The van der Waals surface area contributed by atoms with Crippen molar-refractivity contribution >= 4 is 29.1 Å². The first-order valence-electron chi connectivity index (χ1n) is 8.67. The molecule has 0 unspecified atom stereocenters. The lowest BCUT2D eigenvalue weighted by Crippen LogP contribution is -2.27. The fourth-order valence-electron chi connectivity index (χ4n) is 2.80. The number of carbonyl (C=O) groups excluding carboxylic acids is 1. The van der Waals surface area contributed by atoms with Crippen molar-refractivity contribution in [2.24, 2.45) is 0 Å². The lowest BCUT2D eigenvalue weighted by Gasteiger charge is -2.16. The highest BCUT2D eigenvalue weighted by atomic mass is 35.5. The zero-order chi connectivity index (χ0) is 19.4. The van der Waals surface area contributed by atoms with Gasteiger partial charge in [-0.15, -0.1) is 0 Å². The second kappa shape index (κ2) is 8.18. The highest BCUT2D eigenvalue weighted by Gasteiger charge is 2.15. The third kappa shape index (κ3) is 4.83. The van der Waals surface area contributed by atoms with Gasteiger partial charge in [-0.3, -0.25) is 4.79 Å². The van der Waals surface area contributed by atoms with Gasteiger partial charge in [0.2, 0.25) is 5.95 Å². The average Bonchev–Trinajstić information content (AvgIpc) is 2.61. The smallest absolute Gasteiger partial charge is 0.253 e. The molecule has 1 atom stereocenters. The Morgan fingerprint density at radius 3 is 2.30 bits per heavy atom. The topological polar surface area (TPSA) is 66.9 Å². The molecular formula is C21H21ClN4O. The number of amides is 1. The molecule has 1 amide bonds. The van der Waals surface area contributed by atoms with Crippen LogP contribution < -0.4 is 10.6 Å². The van der Waals surface area contributed by atoms with E-state index in [4.69, 9.17) is 11.6 Å². The number of anilines is 2. The van der Waals surface area contributed by atoms with Crippen LogP contribution in [0.2, 0.25) is 5.02 Å². The number of para-hydroxylation sites is 1. The Bertz CT molecular complexity index is 936. The molecule has 27 heavy (non-hydrogen) atoms. The highest BCUT2D eigenvalue weighted by Crippen LogP contribution is 2.21. The third-order valence-electron chi connectivity index (χ3n) is 4.12. The fourth-order valence-corrected chi connectivity index (χ4v) is 2.93. The minimum atomic E-state index is -0.176. The van der Waals surface area contributed by atoms with Crippen LogP contribution in [0.4, 0.5) is 11.6 Å². The summed E-state index contributed by atoms with van der Waals surface area (Å²) >= 11 is 5.93. The van der Waals surface area contributed by atoms with Gasteiger partial charge in [-0.05, 0) is 56.7 Å². The average molecular weight is 381 g/mol. The molecule has 138 valence electrons. The summed E-state index contributed by atoms with van der Waals surface area (Å²) in [6, 6.07) is 16.5. The van der Waals surface area contributed by atoms with E-state index in [1.54, 1.807) is 6.07 Å². The lowest BCUT2D eigenvalue weighted by molar-refractivity contribution is 0.0940. The Morgan fingerprint density at radius 2 is 1.63 bits per heavy atom. The number of carbonyl (C=O) groups is 1. The number of nitrogens with zero attached hydrogens (tertiary/aromatic N) is 2. The van der Waals surface area contributed by atoms with Gasteiger partial charge in [0.1, 0.15) is 0 Å². The Balaban J connectivity index is 1.80. The molecule has 0 bridgehead atoms. The van der Waals surface area contributed by atoms with Crippen LogP contribution >= 0.6 is 11.6 Å². The standard InChI is InChI=1S/C21H21ClN4O/c1-13-12-14(2)24-21(23-13)26-19-7-5-4-6-18(19)20(27)25-15(3)16-8-10-17(22)11-9-16/h4-12,15H,1-3H3,(H,25,27)(H,23,24,26)/t15-/m0/s1. The molecule has 0 aliphatic rings. The number of nitrogens with one attached hydrogen (secondary N) is 2. The predicted octanol–water partition coefficient (Wildman–Crippen LogP) is 4.98. The van der Waals surface area contributed by atoms with Crippen LogP contribution in [-0.2, 0) is 0 Å². The molecule has 1 heterocycles. The molecule has 0 aliphatic carbocycles. The van der Waals surface area contributed by atoms with Gasteiger partial charge in [-0.2, -0.15) is 0 Å². The van der Waals surface area contributed by atoms with E-state index in [0.29, 0.717) is 22.2 Å². The zero-order valence-electron chi connectivity index (χ0n) is 15.5. The van der Waals surface area contributed by atoms with Gasteiger partial charge in [0.25, 0.3) is 5.91 Å². The number of aryl methyl sites for hydroxylation is 2. The molecule has 2 N–H and O–H groups in total. The van der Waals surface area contributed by atoms with Crippen LogP contribution in [-0.4, -0.2) is 15.9 Å². The van der Waals surface area contributed by atoms with Crippen molar-refractivity contribution in [2.45, 2.75) is 26.8 Å². The quantitative estimate of drug-likeness (QED) is 0.655. The van der Waals surface area contributed by atoms with Crippen molar-refractivity contribution in [1.82, 2.24) is 15.3 Å². The number of rotatable bonds is 5. The van der Waals surface area contributed by atoms with E-state index in [1.807, 2.05) is 69.3 Å². The minimum absolute atomic E-state index is 0.153. The number of benzene rings is 2. The zero-order valence-corrected chi connectivity index (χ0v) is 16.2.